The largest absolute Gasteiger partial charge is 0.322 e. The summed E-state index contributed by atoms with van der Waals surface area (Å²) in [5.74, 6) is -0.539. The molecule has 0 radical (unpaired) electrons. The molecule has 1 aliphatic rings. The number of hydrogen-bond donors (Lipinski definition) is 1. The van der Waals surface area contributed by atoms with E-state index in [4.69, 9.17) is 0 Å². The van der Waals surface area contributed by atoms with Gasteiger partial charge in [-0.25, -0.2) is 4.39 Å². The van der Waals surface area contributed by atoms with E-state index in [-0.39, 0.29) is 17.6 Å². The number of aryl methyl sites for hydroxylation is 1. The average molecular weight is 312 g/mol. The van der Waals surface area contributed by atoms with Gasteiger partial charge in [-0.3, -0.25) is 9.59 Å². The summed E-state index contributed by atoms with van der Waals surface area (Å²) in [6, 6.07) is 10.8. The second kappa shape index (κ2) is 6.20. The van der Waals surface area contributed by atoms with E-state index in [0.717, 1.165) is 24.2 Å². The van der Waals surface area contributed by atoms with E-state index >= 15 is 0 Å². The molecule has 0 atom stereocenters. The van der Waals surface area contributed by atoms with Crippen LogP contribution in [0, 0.1) is 12.7 Å². The van der Waals surface area contributed by atoms with Crippen LogP contribution in [-0.2, 0) is 4.79 Å². The van der Waals surface area contributed by atoms with E-state index in [1.165, 1.54) is 24.3 Å². The van der Waals surface area contributed by atoms with Gasteiger partial charge >= 0.3 is 0 Å². The fraction of sp³-hybridized carbons (Fsp3) is 0.222. The van der Waals surface area contributed by atoms with Crippen LogP contribution in [0.5, 0.6) is 0 Å². The quantitative estimate of drug-likeness (QED) is 0.943. The lowest BCUT2D eigenvalue weighted by Gasteiger charge is -2.19. The minimum absolute atomic E-state index is 0.135. The van der Waals surface area contributed by atoms with Gasteiger partial charge in [0, 0.05) is 29.9 Å². The number of amides is 2. The van der Waals surface area contributed by atoms with Crippen molar-refractivity contribution >= 4 is 23.2 Å². The fourth-order valence-corrected chi connectivity index (χ4v) is 2.74. The summed E-state index contributed by atoms with van der Waals surface area (Å²) in [5, 5.41) is 2.78. The van der Waals surface area contributed by atoms with E-state index in [1.54, 1.807) is 11.0 Å². The molecule has 0 bridgehead atoms. The smallest absolute Gasteiger partial charge is 0.255 e. The van der Waals surface area contributed by atoms with Gasteiger partial charge in [0.05, 0.1) is 0 Å². The average Bonchev–Trinajstić information content (AvgIpc) is 2.94. The Morgan fingerprint density at radius 1 is 1.17 bits per heavy atom. The zero-order valence-corrected chi connectivity index (χ0v) is 12.8. The van der Waals surface area contributed by atoms with Crippen LogP contribution < -0.4 is 10.2 Å². The molecule has 2 aromatic carbocycles. The molecule has 1 fully saturated rings. The molecule has 2 amide bonds. The highest BCUT2D eigenvalue weighted by Gasteiger charge is 2.23. The van der Waals surface area contributed by atoms with Crippen LogP contribution in [0.2, 0.25) is 0 Å². The summed E-state index contributed by atoms with van der Waals surface area (Å²) in [5.41, 5.74) is 2.85. The molecule has 1 aliphatic heterocycles. The van der Waals surface area contributed by atoms with Crippen molar-refractivity contribution in [1.29, 1.82) is 0 Å². The first-order valence-corrected chi connectivity index (χ1v) is 7.52. The van der Waals surface area contributed by atoms with Crippen molar-refractivity contribution in [3.63, 3.8) is 0 Å². The van der Waals surface area contributed by atoms with Crippen LogP contribution in [0.4, 0.5) is 15.8 Å². The number of carbonyl (C=O) groups is 2. The number of nitrogens with one attached hydrogen (secondary N) is 1. The molecule has 118 valence electrons. The third kappa shape index (κ3) is 3.23. The molecule has 1 N–H and O–H groups in total. The summed E-state index contributed by atoms with van der Waals surface area (Å²) in [6.45, 7) is 2.65. The van der Waals surface area contributed by atoms with Crippen LogP contribution in [0.25, 0.3) is 0 Å². The topological polar surface area (TPSA) is 49.4 Å². The minimum atomic E-state index is -0.378. The number of halogens is 1. The molecule has 3 rings (SSSR count). The van der Waals surface area contributed by atoms with Gasteiger partial charge in [0.25, 0.3) is 5.91 Å². The van der Waals surface area contributed by atoms with E-state index in [1.807, 2.05) is 19.1 Å². The third-order valence-corrected chi connectivity index (χ3v) is 3.93. The maximum atomic E-state index is 12.9. The standard InChI is InChI=1S/C18H17FN2O2/c1-12-11-15(8-9-16(12)21-10-2-3-17(21)22)20-18(23)13-4-6-14(19)7-5-13/h4-9,11H,2-3,10H2,1H3,(H,20,23). The van der Waals surface area contributed by atoms with Crippen molar-refractivity contribution in [2.24, 2.45) is 0 Å². The first kappa shape index (κ1) is 15.2. The number of carbonyl (C=O) groups excluding carboxylic acids is 2. The molecule has 0 unspecified atom stereocenters. The minimum Gasteiger partial charge on any atom is -0.322 e. The zero-order valence-electron chi connectivity index (χ0n) is 12.8. The van der Waals surface area contributed by atoms with Gasteiger partial charge in [0.1, 0.15) is 5.82 Å². The molecule has 23 heavy (non-hydrogen) atoms. The molecule has 0 spiro atoms. The van der Waals surface area contributed by atoms with Crippen molar-refractivity contribution in [1.82, 2.24) is 0 Å². The summed E-state index contributed by atoms with van der Waals surface area (Å²) in [6.07, 6.45) is 1.46. The zero-order chi connectivity index (χ0) is 16.4. The molecule has 2 aromatic rings. The predicted molar refractivity (Wildman–Crippen MR) is 87.1 cm³/mol. The van der Waals surface area contributed by atoms with Crippen molar-refractivity contribution in [2.75, 3.05) is 16.8 Å². The summed E-state index contributed by atoms with van der Waals surface area (Å²) >= 11 is 0. The second-order valence-corrected chi connectivity index (χ2v) is 5.61. The highest BCUT2D eigenvalue weighted by Crippen LogP contribution is 2.27. The number of anilines is 2. The van der Waals surface area contributed by atoms with Gasteiger partial charge in [0.15, 0.2) is 0 Å². The number of nitrogens with zero attached hydrogens (tertiary/aromatic N) is 1. The van der Waals surface area contributed by atoms with Gasteiger partial charge < -0.3 is 10.2 Å². The predicted octanol–water partition coefficient (Wildman–Crippen LogP) is 3.51. The first-order chi connectivity index (χ1) is 11.0. The van der Waals surface area contributed by atoms with E-state index in [2.05, 4.69) is 5.32 Å². The Kier molecular flexibility index (Phi) is 4.10. The molecule has 5 heteroatoms. The maximum Gasteiger partial charge on any atom is 0.255 e. The number of hydrogen-bond acceptors (Lipinski definition) is 2. The lowest BCUT2D eigenvalue weighted by atomic mass is 10.1. The van der Waals surface area contributed by atoms with E-state index in [0.29, 0.717) is 17.7 Å². The first-order valence-electron chi connectivity index (χ1n) is 7.52. The van der Waals surface area contributed by atoms with Crippen LogP contribution >= 0.6 is 0 Å². The lowest BCUT2D eigenvalue weighted by Crippen LogP contribution is -2.24. The highest BCUT2D eigenvalue weighted by molar-refractivity contribution is 6.04. The molecule has 0 aromatic heterocycles. The van der Waals surface area contributed by atoms with Crippen LogP contribution in [-0.4, -0.2) is 18.4 Å². The summed E-state index contributed by atoms with van der Waals surface area (Å²) in [7, 11) is 0. The Hall–Kier alpha value is -2.69. The van der Waals surface area contributed by atoms with Crippen LogP contribution in [0.3, 0.4) is 0 Å². The lowest BCUT2D eigenvalue weighted by molar-refractivity contribution is -0.117. The third-order valence-electron chi connectivity index (χ3n) is 3.93. The molecular weight excluding hydrogens is 295 g/mol. The van der Waals surface area contributed by atoms with E-state index in [9.17, 15) is 14.0 Å². The summed E-state index contributed by atoms with van der Waals surface area (Å²) < 4.78 is 12.9. The Labute approximate surface area is 133 Å². The molecule has 4 nitrogen and oxygen atoms in total. The van der Waals surface area contributed by atoms with Gasteiger partial charge in [-0.1, -0.05) is 0 Å². The monoisotopic (exact) mass is 312 g/mol. The second-order valence-electron chi connectivity index (χ2n) is 5.61. The Bertz CT molecular complexity index is 756. The Morgan fingerprint density at radius 3 is 2.52 bits per heavy atom. The number of benzene rings is 2. The van der Waals surface area contributed by atoms with Gasteiger partial charge in [0.2, 0.25) is 5.91 Å². The highest BCUT2D eigenvalue weighted by atomic mass is 19.1. The molecular formula is C18H17FN2O2. The van der Waals surface area contributed by atoms with Crippen molar-refractivity contribution in [2.45, 2.75) is 19.8 Å². The normalized spacial score (nSPS) is 14.2. The molecule has 0 aliphatic carbocycles. The molecule has 1 heterocycles. The fourth-order valence-electron chi connectivity index (χ4n) is 2.74. The maximum absolute atomic E-state index is 12.9. The SMILES string of the molecule is Cc1cc(NC(=O)c2ccc(F)cc2)ccc1N1CCCC1=O. The number of rotatable bonds is 3. The Balaban J connectivity index is 1.76. The van der Waals surface area contributed by atoms with Crippen LogP contribution in [0.15, 0.2) is 42.5 Å². The van der Waals surface area contributed by atoms with Gasteiger partial charge in [-0.15, -0.1) is 0 Å². The van der Waals surface area contributed by atoms with Crippen molar-refractivity contribution in [3.8, 4) is 0 Å². The van der Waals surface area contributed by atoms with Crippen LogP contribution in [0.1, 0.15) is 28.8 Å². The van der Waals surface area contributed by atoms with Crippen molar-refractivity contribution < 1.29 is 14.0 Å². The van der Waals surface area contributed by atoms with E-state index < -0.39 is 0 Å². The summed E-state index contributed by atoms with van der Waals surface area (Å²) in [4.78, 5) is 25.7. The van der Waals surface area contributed by atoms with Gasteiger partial charge in [-0.05, 0) is 61.4 Å². The van der Waals surface area contributed by atoms with Crippen molar-refractivity contribution in [3.05, 3.63) is 59.4 Å². The van der Waals surface area contributed by atoms with Gasteiger partial charge in [-0.2, -0.15) is 0 Å². The molecule has 0 saturated carbocycles. The Morgan fingerprint density at radius 2 is 1.91 bits per heavy atom. The molecule has 1 saturated heterocycles.